The van der Waals surface area contributed by atoms with Gasteiger partial charge in [-0.25, -0.2) is 4.39 Å². The van der Waals surface area contributed by atoms with Gasteiger partial charge in [0.25, 0.3) is 0 Å². The average molecular weight is 263 g/mol. The standard InChI is InChI=1S/C16H22FNO/c1-12(18-10-8-16(2,3)9-11-18)15(19)13-4-6-14(17)7-5-13/h4-7,12H,8-11H2,1-3H3. The molecule has 1 aliphatic heterocycles. The van der Waals surface area contributed by atoms with Gasteiger partial charge >= 0.3 is 0 Å². The molecule has 1 unspecified atom stereocenters. The van der Waals surface area contributed by atoms with Crippen LogP contribution in [0.2, 0.25) is 0 Å². The number of piperidine rings is 1. The first-order valence-electron chi connectivity index (χ1n) is 6.93. The fourth-order valence-electron chi connectivity index (χ4n) is 2.54. The van der Waals surface area contributed by atoms with Gasteiger partial charge in [-0.2, -0.15) is 0 Å². The van der Waals surface area contributed by atoms with E-state index in [1.54, 1.807) is 12.1 Å². The van der Waals surface area contributed by atoms with Gasteiger partial charge in [-0.3, -0.25) is 9.69 Å². The van der Waals surface area contributed by atoms with E-state index in [0.29, 0.717) is 11.0 Å². The number of hydrogen-bond acceptors (Lipinski definition) is 2. The van der Waals surface area contributed by atoms with Crippen molar-refractivity contribution in [2.24, 2.45) is 5.41 Å². The molecule has 3 heteroatoms. The summed E-state index contributed by atoms with van der Waals surface area (Å²) in [7, 11) is 0. The lowest BCUT2D eigenvalue weighted by molar-refractivity contribution is 0.0687. The molecule has 1 atom stereocenters. The number of carbonyl (C=O) groups is 1. The molecule has 1 aromatic rings. The number of nitrogens with zero attached hydrogens (tertiary/aromatic N) is 1. The number of ketones is 1. The Morgan fingerprint density at radius 1 is 1.21 bits per heavy atom. The monoisotopic (exact) mass is 263 g/mol. The van der Waals surface area contributed by atoms with Crippen molar-refractivity contribution in [3.05, 3.63) is 35.6 Å². The molecule has 1 aliphatic rings. The predicted molar refractivity (Wildman–Crippen MR) is 74.8 cm³/mol. The van der Waals surface area contributed by atoms with Gasteiger partial charge in [0.1, 0.15) is 5.82 Å². The maximum absolute atomic E-state index is 12.9. The van der Waals surface area contributed by atoms with Crippen LogP contribution in [0.25, 0.3) is 0 Å². The van der Waals surface area contributed by atoms with E-state index in [-0.39, 0.29) is 17.6 Å². The van der Waals surface area contributed by atoms with E-state index in [4.69, 9.17) is 0 Å². The summed E-state index contributed by atoms with van der Waals surface area (Å²) in [5, 5.41) is 0. The molecule has 0 N–H and O–H groups in total. The minimum absolute atomic E-state index is 0.0831. The lowest BCUT2D eigenvalue weighted by atomic mass is 9.82. The normalized spacial score (nSPS) is 21.1. The van der Waals surface area contributed by atoms with Gasteiger partial charge in [0.05, 0.1) is 6.04 Å². The number of halogens is 1. The molecule has 2 nitrogen and oxygen atoms in total. The van der Waals surface area contributed by atoms with Crippen LogP contribution in [-0.4, -0.2) is 29.8 Å². The smallest absolute Gasteiger partial charge is 0.179 e. The van der Waals surface area contributed by atoms with Crippen molar-refractivity contribution < 1.29 is 9.18 Å². The van der Waals surface area contributed by atoms with E-state index in [1.165, 1.54) is 12.1 Å². The summed E-state index contributed by atoms with van der Waals surface area (Å²) in [5.74, 6) is -0.219. The van der Waals surface area contributed by atoms with Crippen LogP contribution in [0.1, 0.15) is 44.0 Å². The number of hydrogen-bond donors (Lipinski definition) is 0. The van der Waals surface area contributed by atoms with Crippen LogP contribution in [-0.2, 0) is 0 Å². The first-order chi connectivity index (χ1) is 8.89. The molecule has 104 valence electrons. The van der Waals surface area contributed by atoms with Crippen molar-refractivity contribution in [1.29, 1.82) is 0 Å². The molecule has 19 heavy (non-hydrogen) atoms. The highest BCUT2D eigenvalue weighted by Crippen LogP contribution is 2.30. The van der Waals surface area contributed by atoms with Gasteiger partial charge < -0.3 is 0 Å². The molecule has 1 fully saturated rings. The number of carbonyl (C=O) groups excluding carboxylic acids is 1. The second-order valence-corrected chi connectivity index (χ2v) is 6.25. The highest BCUT2D eigenvalue weighted by Gasteiger charge is 2.30. The zero-order chi connectivity index (χ0) is 14.0. The molecular weight excluding hydrogens is 241 g/mol. The zero-order valence-corrected chi connectivity index (χ0v) is 11.9. The van der Waals surface area contributed by atoms with Crippen LogP contribution in [0.3, 0.4) is 0 Å². The fourth-order valence-corrected chi connectivity index (χ4v) is 2.54. The van der Waals surface area contributed by atoms with E-state index in [2.05, 4.69) is 18.7 Å². The van der Waals surface area contributed by atoms with Crippen molar-refractivity contribution in [3.8, 4) is 0 Å². The van der Waals surface area contributed by atoms with Crippen LogP contribution < -0.4 is 0 Å². The quantitative estimate of drug-likeness (QED) is 0.778. The predicted octanol–water partition coefficient (Wildman–Crippen LogP) is 3.52. The van der Waals surface area contributed by atoms with E-state index in [9.17, 15) is 9.18 Å². The number of rotatable bonds is 3. The number of benzene rings is 1. The van der Waals surface area contributed by atoms with Gasteiger partial charge in [0.2, 0.25) is 0 Å². The second kappa shape index (κ2) is 5.41. The van der Waals surface area contributed by atoms with Crippen molar-refractivity contribution in [3.63, 3.8) is 0 Å². The summed E-state index contributed by atoms with van der Waals surface area (Å²) in [6.45, 7) is 8.42. The highest BCUT2D eigenvalue weighted by molar-refractivity contribution is 5.99. The fraction of sp³-hybridized carbons (Fsp3) is 0.562. The zero-order valence-electron chi connectivity index (χ0n) is 11.9. The molecule has 0 bridgehead atoms. The van der Waals surface area contributed by atoms with Crippen LogP contribution in [0.4, 0.5) is 4.39 Å². The Kier molecular flexibility index (Phi) is 4.04. The Balaban J connectivity index is 2.02. The maximum atomic E-state index is 12.9. The van der Waals surface area contributed by atoms with Crippen LogP contribution in [0.15, 0.2) is 24.3 Å². The van der Waals surface area contributed by atoms with E-state index < -0.39 is 0 Å². The Morgan fingerprint density at radius 2 is 1.74 bits per heavy atom. The van der Waals surface area contributed by atoms with E-state index in [0.717, 1.165) is 25.9 Å². The summed E-state index contributed by atoms with van der Waals surface area (Å²) in [6.07, 6.45) is 2.24. The SMILES string of the molecule is CC(C(=O)c1ccc(F)cc1)N1CCC(C)(C)CC1. The Bertz CT molecular complexity index is 442. The molecule has 2 rings (SSSR count). The first kappa shape index (κ1) is 14.2. The number of Topliss-reactive ketones (excluding diaryl/α,β-unsaturated/α-hetero) is 1. The van der Waals surface area contributed by atoms with E-state index >= 15 is 0 Å². The van der Waals surface area contributed by atoms with Crippen molar-refractivity contribution in [2.45, 2.75) is 39.7 Å². The third-order valence-electron chi connectivity index (χ3n) is 4.21. The summed E-state index contributed by atoms with van der Waals surface area (Å²) in [6, 6.07) is 5.71. The Hall–Kier alpha value is -1.22. The molecule has 0 aromatic heterocycles. The van der Waals surface area contributed by atoms with Crippen molar-refractivity contribution in [2.75, 3.05) is 13.1 Å². The Morgan fingerprint density at radius 3 is 2.26 bits per heavy atom. The van der Waals surface area contributed by atoms with Gasteiger partial charge in [0.15, 0.2) is 5.78 Å². The minimum atomic E-state index is -0.302. The summed E-state index contributed by atoms with van der Waals surface area (Å²) in [5.41, 5.74) is 0.980. The van der Waals surface area contributed by atoms with Crippen LogP contribution >= 0.6 is 0 Å². The maximum Gasteiger partial charge on any atom is 0.179 e. The molecule has 1 saturated heterocycles. The molecule has 0 spiro atoms. The summed E-state index contributed by atoms with van der Waals surface area (Å²) >= 11 is 0. The molecule has 0 aliphatic carbocycles. The van der Waals surface area contributed by atoms with Gasteiger partial charge in [-0.1, -0.05) is 13.8 Å². The molecule has 0 radical (unpaired) electrons. The molecule has 1 heterocycles. The van der Waals surface area contributed by atoms with Crippen molar-refractivity contribution in [1.82, 2.24) is 4.90 Å². The second-order valence-electron chi connectivity index (χ2n) is 6.25. The average Bonchev–Trinajstić information content (AvgIpc) is 2.38. The third kappa shape index (κ3) is 3.41. The summed E-state index contributed by atoms with van der Waals surface area (Å²) in [4.78, 5) is 14.6. The molecule has 0 saturated carbocycles. The largest absolute Gasteiger partial charge is 0.293 e. The molecular formula is C16H22FNO. The third-order valence-corrected chi connectivity index (χ3v) is 4.21. The summed E-state index contributed by atoms with van der Waals surface area (Å²) < 4.78 is 12.9. The van der Waals surface area contributed by atoms with Gasteiger partial charge in [0, 0.05) is 5.56 Å². The van der Waals surface area contributed by atoms with Gasteiger partial charge in [-0.15, -0.1) is 0 Å². The highest BCUT2D eigenvalue weighted by atomic mass is 19.1. The van der Waals surface area contributed by atoms with Crippen LogP contribution in [0, 0.1) is 11.2 Å². The Labute approximate surface area is 114 Å². The lowest BCUT2D eigenvalue weighted by Gasteiger charge is -2.39. The van der Waals surface area contributed by atoms with E-state index in [1.807, 2.05) is 6.92 Å². The molecule has 0 amide bonds. The van der Waals surface area contributed by atoms with Crippen molar-refractivity contribution >= 4 is 5.78 Å². The molecule has 1 aromatic carbocycles. The minimum Gasteiger partial charge on any atom is -0.293 e. The van der Waals surface area contributed by atoms with Crippen LogP contribution in [0.5, 0.6) is 0 Å². The first-order valence-corrected chi connectivity index (χ1v) is 6.93. The topological polar surface area (TPSA) is 20.3 Å². The number of likely N-dealkylation sites (tertiary alicyclic amines) is 1. The van der Waals surface area contributed by atoms with Gasteiger partial charge in [-0.05, 0) is 62.5 Å². The lowest BCUT2D eigenvalue weighted by Crippen LogP contribution is -2.45.